The monoisotopic (exact) mass is 385 g/mol. The minimum absolute atomic E-state index is 0.0271. The molecule has 1 fully saturated rings. The summed E-state index contributed by atoms with van der Waals surface area (Å²) in [7, 11) is -4.50. The quantitative estimate of drug-likeness (QED) is 0.666. The molecule has 0 bridgehead atoms. The molecule has 10 heteroatoms. The largest absolute Gasteiger partial charge is 0.369 e. The molecule has 0 saturated heterocycles. The van der Waals surface area contributed by atoms with Crippen molar-refractivity contribution >= 4 is 39.3 Å². The molecule has 1 aromatic carbocycles. The van der Waals surface area contributed by atoms with Gasteiger partial charge in [0.25, 0.3) is 10.1 Å². The molecular weight excluding hydrogens is 366 g/mol. The van der Waals surface area contributed by atoms with Gasteiger partial charge in [-0.05, 0) is 50.3 Å². The lowest BCUT2D eigenvalue weighted by molar-refractivity contribution is 0.304. The first-order valence-corrected chi connectivity index (χ1v) is 9.73. The Hall–Kier alpha value is -1.84. The van der Waals surface area contributed by atoms with Gasteiger partial charge in [0, 0.05) is 5.02 Å². The summed E-state index contributed by atoms with van der Waals surface area (Å²) in [6, 6.07) is 2.79. The number of aryl methyl sites for hydroxylation is 1. The number of nitrogens with two attached hydrogens (primary N) is 2. The number of benzene rings is 1. The number of rotatable bonds is 2. The summed E-state index contributed by atoms with van der Waals surface area (Å²) in [5.41, 5.74) is 11.8. The summed E-state index contributed by atoms with van der Waals surface area (Å²) >= 11 is 6.21. The molecule has 1 aromatic rings. The van der Waals surface area contributed by atoms with Gasteiger partial charge in [-0.25, -0.2) is 4.99 Å². The fraction of sp³-hybridized carbons (Fsp3) is 0.467. The summed E-state index contributed by atoms with van der Waals surface area (Å²) in [5, 5.41) is 0.351. The van der Waals surface area contributed by atoms with E-state index in [4.69, 9.17) is 23.1 Å². The van der Waals surface area contributed by atoms with Crippen LogP contribution in [0.15, 0.2) is 27.0 Å². The van der Waals surface area contributed by atoms with E-state index in [2.05, 4.69) is 9.98 Å². The third-order valence-electron chi connectivity index (χ3n) is 4.61. The van der Waals surface area contributed by atoms with Crippen LogP contribution in [0, 0.1) is 6.92 Å². The summed E-state index contributed by atoms with van der Waals surface area (Å²) in [5.74, 6) is 0.0847. The molecule has 1 aliphatic heterocycles. The van der Waals surface area contributed by atoms with E-state index in [9.17, 15) is 13.0 Å². The summed E-state index contributed by atoms with van der Waals surface area (Å²) in [4.78, 5) is 9.74. The molecule has 1 aliphatic carbocycles. The topological polar surface area (TPSA) is 134 Å². The van der Waals surface area contributed by atoms with Crippen LogP contribution < -0.4 is 16.4 Å². The number of guanidine groups is 2. The average Bonchev–Trinajstić information content (AvgIpc) is 2.49. The number of hydrogen-bond acceptors (Lipinski definition) is 7. The van der Waals surface area contributed by atoms with E-state index >= 15 is 0 Å². The van der Waals surface area contributed by atoms with Gasteiger partial charge in [0.15, 0.2) is 0 Å². The zero-order valence-corrected chi connectivity index (χ0v) is 15.3. The van der Waals surface area contributed by atoms with Gasteiger partial charge in [0.05, 0.1) is 5.69 Å². The highest BCUT2D eigenvalue weighted by Crippen LogP contribution is 2.42. The first-order chi connectivity index (χ1) is 11.6. The molecule has 0 amide bonds. The molecular formula is C15H20ClN5O3S. The van der Waals surface area contributed by atoms with Crippen molar-refractivity contribution in [2.75, 3.05) is 4.90 Å². The highest BCUT2D eigenvalue weighted by Gasteiger charge is 2.44. The zero-order valence-electron chi connectivity index (χ0n) is 13.7. The molecule has 25 heavy (non-hydrogen) atoms. The Morgan fingerprint density at radius 3 is 2.48 bits per heavy atom. The molecule has 1 spiro atoms. The van der Waals surface area contributed by atoms with Crippen molar-refractivity contribution in [3.8, 4) is 0 Å². The normalized spacial score (nSPS) is 20.4. The Balaban J connectivity index is 2.26. The van der Waals surface area contributed by atoms with E-state index in [0.717, 1.165) is 19.3 Å². The molecule has 5 N–H and O–H groups in total. The molecule has 136 valence electrons. The summed E-state index contributed by atoms with van der Waals surface area (Å²) in [6.45, 7) is 1.65. The minimum Gasteiger partial charge on any atom is -0.369 e. The molecule has 1 heterocycles. The van der Waals surface area contributed by atoms with Gasteiger partial charge in [0.2, 0.25) is 11.9 Å². The van der Waals surface area contributed by atoms with E-state index in [1.165, 1.54) is 17.0 Å². The number of anilines is 1. The van der Waals surface area contributed by atoms with Gasteiger partial charge in [-0.1, -0.05) is 18.0 Å². The Bertz CT molecular complexity index is 875. The van der Waals surface area contributed by atoms with Gasteiger partial charge >= 0.3 is 0 Å². The lowest BCUT2D eigenvalue weighted by atomic mass is 9.87. The first-order valence-electron chi connectivity index (χ1n) is 7.91. The van der Waals surface area contributed by atoms with Crippen LogP contribution in [0.5, 0.6) is 0 Å². The molecule has 2 aliphatic rings. The van der Waals surface area contributed by atoms with Crippen LogP contribution in [0.1, 0.15) is 37.7 Å². The maximum atomic E-state index is 11.9. The molecule has 0 radical (unpaired) electrons. The van der Waals surface area contributed by atoms with Crippen molar-refractivity contribution in [2.45, 2.75) is 49.6 Å². The van der Waals surface area contributed by atoms with Crippen molar-refractivity contribution < 1.29 is 13.0 Å². The van der Waals surface area contributed by atoms with Gasteiger partial charge in [-0.15, -0.1) is 0 Å². The van der Waals surface area contributed by atoms with Crippen LogP contribution in [0.4, 0.5) is 5.69 Å². The average molecular weight is 386 g/mol. The Kier molecular flexibility index (Phi) is 4.42. The third kappa shape index (κ3) is 3.19. The van der Waals surface area contributed by atoms with Crippen molar-refractivity contribution in [1.82, 2.24) is 0 Å². The standard InChI is InChI=1S/C15H20ClN5O3S/c1-9-7-12(25(22,23)24)11(8-10(9)16)21-14(18)19-13(17)20-15(21)5-3-2-4-6-15/h7-8H,2-6H2,1H3,(H,22,23,24)(H4,17,18,19,20). The van der Waals surface area contributed by atoms with Gasteiger partial charge < -0.3 is 11.5 Å². The van der Waals surface area contributed by atoms with E-state index in [1.807, 2.05) is 0 Å². The second-order valence-corrected chi connectivity index (χ2v) is 8.16. The fourth-order valence-corrected chi connectivity index (χ4v) is 4.39. The number of nitrogens with zero attached hydrogens (tertiary/aromatic N) is 3. The van der Waals surface area contributed by atoms with E-state index < -0.39 is 15.8 Å². The Labute approximate surface area is 151 Å². The third-order valence-corrected chi connectivity index (χ3v) is 5.90. The Morgan fingerprint density at radius 1 is 1.24 bits per heavy atom. The van der Waals surface area contributed by atoms with E-state index in [-0.39, 0.29) is 22.5 Å². The molecule has 1 saturated carbocycles. The highest BCUT2D eigenvalue weighted by molar-refractivity contribution is 7.86. The van der Waals surface area contributed by atoms with Gasteiger partial charge in [0.1, 0.15) is 10.6 Å². The number of halogens is 1. The second-order valence-electron chi connectivity index (χ2n) is 6.36. The van der Waals surface area contributed by atoms with Crippen LogP contribution in [0.2, 0.25) is 5.02 Å². The number of aliphatic imine (C=N–C) groups is 2. The van der Waals surface area contributed by atoms with Crippen LogP contribution in [-0.2, 0) is 10.1 Å². The lowest BCUT2D eigenvalue weighted by Gasteiger charge is -2.46. The van der Waals surface area contributed by atoms with E-state index in [0.29, 0.717) is 23.4 Å². The maximum absolute atomic E-state index is 11.9. The lowest BCUT2D eigenvalue weighted by Crippen LogP contribution is -2.58. The van der Waals surface area contributed by atoms with Crippen molar-refractivity contribution in [2.24, 2.45) is 21.5 Å². The summed E-state index contributed by atoms with van der Waals surface area (Å²) in [6.07, 6.45) is 4.10. The van der Waals surface area contributed by atoms with E-state index in [1.54, 1.807) is 6.92 Å². The first kappa shape index (κ1) is 18.0. The fourth-order valence-electron chi connectivity index (χ4n) is 3.50. The molecule has 0 aromatic heterocycles. The van der Waals surface area contributed by atoms with Crippen LogP contribution in [0.25, 0.3) is 0 Å². The SMILES string of the molecule is Cc1cc(S(=O)(=O)O)c(N2C(N)=NC(N)=NC23CCCCC3)cc1Cl. The summed E-state index contributed by atoms with van der Waals surface area (Å²) < 4.78 is 33.6. The van der Waals surface area contributed by atoms with Crippen LogP contribution >= 0.6 is 11.6 Å². The molecule has 0 unspecified atom stereocenters. The second kappa shape index (κ2) is 6.15. The van der Waals surface area contributed by atoms with Crippen molar-refractivity contribution in [1.29, 1.82) is 0 Å². The molecule has 0 atom stereocenters. The van der Waals surface area contributed by atoms with Gasteiger partial charge in [-0.3, -0.25) is 9.45 Å². The molecule has 3 rings (SSSR count). The molecule has 8 nitrogen and oxygen atoms in total. The van der Waals surface area contributed by atoms with Gasteiger partial charge in [-0.2, -0.15) is 13.4 Å². The van der Waals surface area contributed by atoms with Crippen LogP contribution in [0.3, 0.4) is 0 Å². The predicted octanol–water partition coefficient (Wildman–Crippen LogP) is 2.00. The highest BCUT2D eigenvalue weighted by atomic mass is 35.5. The smallest absolute Gasteiger partial charge is 0.296 e. The maximum Gasteiger partial charge on any atom is 0.296 e. The Morgan fingerprint density at radius 2 is 1.88 bits per heavy atom. The van der Waals surface area contributed by atoms with Crippen molar-refractivity contribution in [3.05, 3.63) is 22.7 Å². The predicted molar refractivity (Wildman–Crippen MR) is 97.5 cm³/mol. The minimum atomic E-state index is -4.50. The number of hydrogen-bond donors (Lipinski definition) is 3. The van der Waals surface area contributed by atoms with Crippen molar-refractivity contribution in [3.63, 3.8) is 0 Å². The van der Waals surface area contributed by atoms with Crippen LogP contribution in [-0.4, -0.2) is 30.6 Å². The zero-order chi connectivity index (χ0) is 18.4.